The lowest BCUT2D eigenvalue weighted by molar-refractivity contribution is -0.142. The van der Waals surface area contributed by atoms with Crippen LogP contribution in [-0.2, 0) is 25.7 Å². The number of hydrogen-bond donors (Lipinski definition) is 2. The van der Waals surface area contributed by atoms with E-state index in [1.54, 1.807) is 29.1 Å². The number of rotatable bonds is 7. The molecule has 9 heteroatoms. The van der Waals surface area contributed by atoms with Gasteiger partial charge >= 0.3 is 0 Å². The van der Waals surface area contributed by atoms with E-state index in [4.69, 9.17) is 4.74 Å². The highest BCUT2D eigenvalue weighted by Crippen LogP contribution is 2.55. The average Bonchev–Trinajstić information content (AvgIpc) is 3.57. The fraction of sp³-hybridized carbons (Fsp3) is 0.448. The monoisotopic (exact) mass is 532 g/mol. The maximum absolute atomic E-state index is 14.1. The van der Waals surface area contributed by atoms with Gasteiger partial charge < -0.3 is 20.3 Å². The summed E-state index contributed by atoms with van der Waals surface area (Å²) in [6.07, 6.45) is 13.7. The van der Waals surface area contributed by atoms with Gasteiger partial charge in [-0.05, 0) is 48.9 Å². The van der Waals surface area contributed by atoms with Crippen LogP contribution in [0, 0.1) is 11.8 Å². The highest BCUT2D eigenvalue weighted by Gasteiger charge is 2.72. The number of carbonyl (C=O) groups excluding carboxylic acids is 3. The van der Waals surface area contributed by atoms with Crippen LogP contribution in [0.3, 0.4) is 0 Å². The van der Waals surface area contributed by atoms with Crippen molar-refractivity contribution in [3.63, 3.8) is 0 Å². The first-order valence-electron chi connectivity index (χ1n) is 13.3. The molecule has 1 spiro atoms. The van der Waals surface area contributed by atoms with Gasteiger partial charge in [0.25, 0.3) is 0 Å². The third-order valence-corrected chi connectivity index (χ3v) is 9.01. The predicted molar refractivity (Wildman–Crippen MR) is 144 cm³/mol. The number of pyridine rings is 1. The van der Waals surface area contributed by atoms with Gasteiger partial charge in [0.2, 0.25) is 17.7 Å². The molecule has 6 rings (SSSR count). The standard InChI is InChI=1S/C29H32N4O4S/c1-38-21-11-5-10-20(15-21)32-26(34)23-22-12-13-29(37-22)24(23)28(36)33(17-18-7-6-14-30-16-18)25(29)27(35)31-19-8-3-2-4-9-19/h5-7,10-16,19,22-25H,2-4,8-9,17H2,1H3,(H,31,35)(H,32,34)/t22-,23-,24-,25+,29-/m0/s1. The summed E-state index contributed by atoms with van der Waals surface area (Å²) in [6.45, 7) is 0.222. The topological polar surface area (TPSA) is 101 Å². The lowest BCUT2D eigenvalue weighted by Crippen LogP contribution is -2.56. The smallest absolute Gasteiger partial charge is 0.246 e. The molecule has 3 amide bonds. The van der Waals surface area contributed by atoms with Crippen LogP contribution < -0.4 is 10.6 Å². The van der Waals surface area contributed by atoms with Crippen molar-refractivity contribution in [3.8, 4) is 0 Å². The molecular weight excluding hydrogens is 500 g/mol. The van der Waals surface area contributed by atoms with Crippen molar-refractivity contribution in [1.82, 2.24) is 15.2 Å². The molecule has 198 valence electrons. The zero-order valence-corrected chi connectivity index (χ0v) is 22.2. The van der Waals surface area contributed by atoms with Gasteiger partial charge in [0, 0.05) is 35.6 Å². The molecule has 4 heterocycles. The lowest BCUT2D eigenvalue weighted by atomic mass is 9.74. The van der Waals surface area contributed by atoms with Crippen molar-refractivity contribution < 1.29 is 19.1 Å². The van der Waals surface area contributed by atoms with Gasteiger partial charge in [0.05, 0.1) is 17.9 Å². The number of likely N-dealkylation sites (tertiary alicyclic amines) is 1. The van der Waals surface area contributed by atoms with Crippen LogP contribution in [0.4, 0.5) is 5.69 Å². The minimum absolute atomic E-state index is 0.0902. The van der Waals surface area contributed by atoms with Gasteiger partial charge in [-0.15, -0.1) is 11.8 Å². The van der Waals surface area contributed by atoms with E-state index in [-0.39, 0.29) is 30.3 Å². The number of carbonyl (C=O) groups is 3. The number of nitrogens with one attached hydrogen (secondary N) is 2. The van der Waals surface area contributed by atoms with Crippen molar-refractivity contribution in [1.29, 1.82) is 0 Å². The molecule has 0 unspecified atom stereocenters. The van der Waals surface area contributed by atoms with E-state index in [2.05, 4.69) is 15.6 Å². The molecule has 1 aromatic carbocycles. The lowest BCUT2D eigenvalue weighted by Gasteiger charge is -2.34. The summed E-state index contributed by atoms with van der Waals surface area (Å²) in [4.78, 5) is 48.4. The first-order valence-corrected chi connectivity index (χ1v) is 14.5. The molecule has 2 saturated heterocycles. The van der Waals surface area contributed by atoms with E-state index >= 15 is 0 Å². The second kappa shape index (κ2) is 10.2. The summed E-state index contributed by atoms with van der Waals surface area (Å²) in [7, 11) is 0. The number of aromatic nitrogens is 1. The number of anilines is 1. The Morgan fingerprint density at radius 2 is 2.00 bits per heavy atom. The average molecular weight is 533 g/mol. The second-order valence-electron chi connectivity index (χ2n) is 10.6. The van der Waals surface area contributed by atoms with Gasteiger partial charge in [-0.3, -0.25) is 19.4 Å². The van der Waals surface area contributed by atoms with E-state index in [0.717, 1.165) is 36.1 Å². The number of ether oxygens (including phenoxy) is 1. The van der Waals surface area contributed by atoms with Crippen molar-refractivity contribution in [2.45, 2.75) is 67.3 Å². The molecular formula is C29H32N4O4S. The van der Waals surface area contributed by atoms with Crippen molar-refractivity contribution in [2.75, 3.05) is 11.6 Å². The number of nitrogens with zero attached hydrogens (tertiary/aromatic N) is 2. The van der Waals surface area contributed by atoms with Gasteiger partial charge in [0.15, 0.2) is 0 Å². The minimum Gasteiger partial charge on any atom is -0.359 e. The molecule has 0 radical (unpaired) electrons. The first-order chi connectivity index (χ1) is 18.5. The maximum Gasteiger partial charge on any atom is 0.246 e. The van der Waals surface area contributed by atoms with Crippen LogP contribution >= 0.6 is 11.8 Å². The molecule has 1 aliphatic carbocycles. The summed E-state index contributed by atoms with van der Waals surface area (Å²) in [5.41, 5.74) is 0.319. The molecule has 2 bridgehead atoms. The largest absolute Gasteiger partial charge is 0.359 e. The molecule has 5 atom stereocenters. The molecule has 4 aliphatic rings. The Labute approximate surface area is 226 Å². The van der Waals surface area contributed by atoms with Crippen molar-refractivity contribution in [2.24, 2.45) is 11.8 Å². The van der Waals surface area contributed by atoms with Crippen LogP contribution in [0.15, 0.2) is 65.8 Å². The van der Waals surface area contributed by atoms with E-state index in [1.165, 1.54) is 6.42 Å². The first kappa shape index (κ1) is 25.1. The molecule has 8 nitrogen and oxygen atoms in total. The Hall–Kier alpha value is -3.17. The summed E-state index contributed by atoms with van der Waals surface area (Å²) >= 11 is 1.59. The molecule has 2 aromatic rings. The van der Waals surface area contributed by atoms with Crippen LogP contribution in [0.25, 0.3) is 0 Å². The zero-order valence-electron chi connectivity index (χ0n) is 21.3. The van der Waals surface area contributed by atoms with E-state index < -0.39 is 29.6 Å². The Kier molecular flexibility index (Phi) is 6.74. The molecule has 1 saturated carbocycles. The SMILES string of the molecule is CSc1cccc(NC(=O)[C@H]2[C@@H]3C=C[C@]4(O3)[C@@H]2C(=O)N(Cc2cccnc2)[C@@H]4C(=O)NC2CCCCC2)c1. The van der Waals surface area contributed by atoms with E-state index in [1.807, 2.05) is 54.8 Å². The normalized spacial score (nSPS) is 29.9. The van der Waals surface area contributed by atoms with Gasteiger partial charge in [-0.2, -0.15) is 0 Å². The molecule has 1 aromatic heterocycles. The highest BCUT2D eigenvalue weighted by atomic mass is 32.2. The van der Waals surface area contributed by atoms with Crippen LogP contribution in [0.2, 0.25) is 0 Å². The van der Waals surface area contributed by atoms with Gasteiger partial charge in [0.1, 0.15) is 11.6 Å². The molecule has 3 aliphatic heterocycles. The number of amides is 3. The van der Waals surface area contributed by atoms with Crippen LogP contribution in [0.5, 0.6) is 0 Å². The number of thioether (sulfide) groups is 1. The third-order valence-electron chi connectivity index (χ3n) is 8.29. The van der Waals surface area contributed by atoms with Gasteiger partial charge in [-0.1, -0.05) is 43.5 Å². The summed E-state index contributed by atoms with van der Waals surface area (Å²) in [5, 5.41) is 6.22. The van der Waals surface area contributed by atoms with Crippen molar-refractivity contribution in [3.05, 3.63) is 66.5 Å². The molecule has 3 fully saturated rings. The van der Waals surface area contributed by atoms with Crippen molar-refractivity contribution >= 4 is 35.2 Å². The predicted octanol–water partition coefficient (Wildman–Crippen LogP) is 3.54. The molecule has 2 N–H and O–H groups in total. The second-order valence-corrected chi connectivity index (χ2v) is 11.5. The number of benzene rings is 1. The highest BCUT2D eigenvalue weighted by molar-refractivity contribution is 7.98. The fourth-order valence-electron chi connectivity index (χ4n) is 6.58. The van der Waals surface area contributed by atoms with E-state index in [0.29, 0.717) is 5.69 Å². The molecule has 38 heavy (non-hydrogen) atoms. The van der Waals surface area contributed by atoms with Crippen LogP contribution in [-0.4, -0.2) is 57.6 Å². The Morgan fingerprint density at radius 3 is 2.76 bits per heavy atom. The minimum atomic E-state index is -1.17. The van der Waals surface area contributed by atoms with Gasteiger partial charge in [-0.25, -0.2) is 0 Å². The summed E-state index contributed by atoms with van der Waals surface area (Å²) in [5.74, 6) is -2.22. The van der Waals surface area contributed by atoms with Crippen LogP contribution in [0.1, 0.15) is 37.7 Å². The number of hydrogen-bond acceptors (Lipinski definition) is 6. The third kappa shape index (κ3) is 4.31. The van der Waals surface area contributed by atoms with E-state index in [9.17, 15) is 14.4 Å². The summed E-state index contributed by atoms with van der Waals surface area (Å²) in [6, 6.07) is 10.5. The fourth-order valence-corrected chi connectivity index (χ4v) is 7.04. The Morgan fingerprint density at radius 1 is 1.16 bits per heavy atom. The Balaban J connectivity index is 1.31. The zero-order chi connectivity index (χ0) is 26.3. The Bertz CT molecular complexity index is 1260. The maximum atomic E-state index is 14.1. The number of fused-ring (bicyclic) bond motifs is 1. The summed E-state index contributed by atoms with van der Waals surface area (Å²) < 4.78 is 6.45. The quantitative estimate of drug-likeness (QED) is 0.418.